The summed E-state index contributed by atoms with van der Waals surface area (Å²) in [6.07, 6.45) is 4.44. The van der Waals surface area contributed by atoms with Crippen molar-refractivity contribution in [2.24, 2.45) is 0 Å². The molecular weight excluding hydrogens is 288 g/mol. The Hall–Kier alpha value is -1.71. The third-order valence-corrected chi connectivity index (χ3v) is 4.83. The second-order valence-corrected chi connectivity index (χ2v) is 7.16. The van der Waals surface area contributed by atoms with E-state index in [1.165, 1.54) is 35.3 Å². The summed E-state index contributed by atoms with van der Waals surface area (Å²) >= 11 is 0. The van der Waals surface area contributed by atoms with Gasteiger partial charge in [-0.2, -0.15) is 0 Å². The van der Waals surface area contributed by atoms with E-state index < -0.39 is 5.97 Å². The summed E-state index contributed by atoms with van der Waals surface area (Å²) in [4.78, 5) is 13.2. The maximum absolute atomic E-state index is 10.8. The molecule has 0 aromatic heterocycles. The molecule has 0 bridgehead atoms. The Morgan fingerprint density at radius 1 is 1.30 bits per heavy atom. The monoisotopic (exact) mass is 318 g/mol. The number of carboxylic acids is 1. The Labute approximate surface area is 139 Å². The van der Waals surface area contributed by atoms with Gasteiger partial charge >= 0.3 is 5.97 Å². The SMILES string of the molecule is CCCCC1(C)CN(CCCC(=O)O)c2cc(C)c(C)cc2N1. The molecular formula is C19H30N2O2. The van der Waals surface area contributed by atoms with Gasteiger partial charge in [0.25, 0.3) is 0 Å². The smallest absolute Gasteiger partial charge is 0.303 e. The van der Waals surface area contributed by atoms with E-state index in [4.69, 9.17) is 5.11 Å². The minimum Gasteiger partial charge on any atom is -0.481 e. The largest absolute Gasteiger partial charge is 0.481 e. The molecule has 128 valence electrons. The van der Waals surface area contributed by atoms with Crippen molar-refractivity contribution in [3.8, 4) is 0 Å². The molecule has 4 heteroatoms. The highest BCUT2D eigenvalue weighted by atomic mass is 16.4. The Kier molecular flexibility index (Phi) is 5.55. The molecule has 4 nitrogen and oxygen atoms in total. The number of carbonyl (C=O) groups is 1. The van der Waals surface area contributed by atoms with Gasteiger partial charge in [-0.25, -0.2) is 0 Å². The molecule has 1 aromatic rings. The van der Waals surface area contributed by atoms with Crippen LogP contribution in [0.15, 0.2) is 12.1 Å². The third-order valence-electron chi connectivity index (χ3n) is 4.83. The number of aryl methyl sites for hydroxylation is 2. The summed E-state index contributed by atoms with van der Waals surface area (Å²) in [7, 11) is 0. The van der Waals surface area contributed by atoms with Gasteiger partial charge in [-0.05, 0) is 56.9 Å². The van der Waals surface area contributed by atoms with Crippen LogP contribution >= 0.6 is 0 Å². The maximum atomic E-state index is 10.8. The molecule has 1 aromatic carbocycles. The molecule has 2 N–H and O–H groups in total. The first kappa shape index (κ1) is 17.6. The van der Waals surface area contributed by atoms with Gasteiger partial charge < -0.3 is 15.3 Å². The molecule has 0 radical (unpaired) electrons. The van der Waals surface area contributed by atoms with Crippen molar-refractivity contribution in [1.29, 1.82) is 0 Å². The van der Waals surface area contributed by atoms with Gasteiger partial charge in [-0.1, -0.05) is 19.8 Å². The molecule has 0 saturated carbocycles. The lowest BCUT2D eigenvalue weighted by molar-refractivity contribution is -0.137. The van der Waals surface area contributed by atoms with Gasteiger partial charge in [0, 0.05) is 19.5 Å². The number of benzene rings is 1. The molecule has 1 atom stereocenters. The van der Waals surface area contributed by atoms with Crippen molar-refractivity contribution >= 4 is 17.3 Å². The molecule has 1 unspecified atom stereocenters. The maximum Gasteiger partial charge on any atom is 0.303 e. The van der Waals surface area contributed by atoms with Crippen LogP contribution in [0.4, 0.5) is 11.4 Å². The summed E-state index contributed by atoms with van der Waals surface area (Å²) in [5.41, 5.74) is 5.03. The van der Waals surface area contributed by atoms with Gasteiger partial charge in [0.2, 0.25) is 0 Å². The normalized spacial score (nSPS) is 20.1. The van der Waals surface area contributed by atoms with Gasteiger partial charge in [0.05, 0.1) is 16.9 Å². The van der Waals surface area contributed by atoms with Crippen LogP contribution in [0.25, 0.3) is 0 Å². The number of anilines is 2. The second-order valence-electron chi connectivity index (χ2n) is 7.16. The van der Waals surface area contributed by atoms with E-state index in [0.29, 0.717) is 6.42 Å². The fraction of sp³-hybridized carbons (Fsp3) is 0.632. The summed E-state index contributed by atoms with van der Waals surface area (Å²) < 4.78 is 0. The first-order chi connectivity index (χ1) is 10.8. The molecule has 0 amide bonds. The lowest BCUT2D eigenvalue weighted by atomic mass is 9.90. The zero-order valence-corrected chi connectivity index (χ0v) is 14.9. The van der Waals surface area contributed by atoms with Crippen molar-refractivity contribution in [1.82, 2.24) is 0 Å². The van der Waals surface area contributed by atoms with Crippen molar-refractivity contribution in [2.75, 3.05) is 23.3 Å². The van der Waals surface area contributed by atoms with Crippen molar-refractivity contribution in [3.63, 3.8) is 0 Å². The standard InChI is InChI=1S/C19H30N2O2/c1-5-6-9-19(4)13-21(10-7-8-18(22)23)17-12-15(3)14(2)11-16(17)20-19/h11-12,20H,5-10,13H2,1-4H3,(H,22,23). The van der Waals surface area contributed by atoms with Crippen LogP contribution in [0.5, 0.6) is 0 Å². The highest BCUT2D eigenvalue weighted by Crippen LogP contribution is 2.38. The molecule has 0 spiro atoms. The molecule has 1 aliphatic heterocycles. The van der Waals surface area contributed by atoms with Crippen LogP contribution in [0.3, 0.4) is 0 Å². The summed E-state index contributed by atoms with van der Waals surface area (Å²) in [6, 6.07) is 4.47. The summed E-state index contributed by atoms with van der Waals surface area (Å²) in [5, 5.41) is 12.7. The number of carboxylic acid groups (broad SMARTS) is 1. The highest BCUT2D eigenvalue weighted by molar-refractivity contribution is 5.75. The number of rotatable bonds is 7. The molecule has 0 fully saturated rings. The van der Waals surface area contributed by atoms with E-state index in [2.05, 4.69) is 50.0 Å². The van der Waals surface area contributed by atoms with Crippen LogP contribution in [0.2, 0.25) is 0 Å². The van der Waals surface area contributed by atoms with E-state index in [1.807, 2.05) is 0 Å². The van der Waals surface area contributed by atoms with Gasteiger partial charge in [0.1, 0.15) is 0 Å². The summed E-state index contributed by atoms with van der Waals surface area (Å²) in [5.74, 6) is -0.714. The third kappa shape index (κ3) is 4.40. The number of unbranched alkanes of at least 4 members (excludes halogenated alkanes) is 1. The minimum absolute atomic E-state index is 0.0495. The lowest BCUT2D eigenvalue weighted by Gasteiger charge is -2.44. The number of hydrogen-bond acceptors (Lipinski definition) is 3. The van der Waals surface area contributed by atoms with Crippen LogP contribution in [0, 0.1) is 13.8 Å². The fourth-order valence-corrected chi connectivity index (χ4v) is 3.36. The molecule has 0 aliphatic carbocycles. The Morgan fingerprint density at radius 2 is 2.00 bits per heavy atom. The second kappa shape index (κ2) is 7.24. The van der Waals surface area contributed by atoms with Crippen molar-refractivity contribution in [2.45, 2.75) is 65.3 Å². The number of fused-ring (bicyclic) bond motifs is 1. The van der Waals surface area contributed by atoms with E-state index in [9.17, 15) is 4.79 Å². The first-order valence-electron chi connectivity index (χ1n) is 8.71. The molecule has 0 saturated heterocycles. The van der Waals surface area contributed by atoms with Gasteiger partial charge in [0.15, 0.2) is 0 Å². The van der Waals surface area contributed by atoms with Crippen LogP contribution in [0.1, 0.15) is 57.1 Å². The first-order valence-corrected chi connectivity index (χ1v) is 8.71. The topological polar surface area (TPSA) is 52.6 Å². The highest BCUT2D eigenvalue weighted by Gasteiger charge is 2.33. The van der Waals surface area contributed by atoms with Gasteiger partial charge in [-0.15, -0.1) is 0 Å². The molecule has 2 rings (SSSR count). The molecule has 1 aliphatic rings. The lowest BCUT2D eigenvalue weighted by Crippen LogP contribution is -2.51. The van der Waals surface area contributed by atoms with E-state index >= 15 is 0 Å². The van der Waals surface area contributed by atoms with Crippen molar-refractivity contribution < 1.29 is 9.90 Å². The number of nitrogens with one attached hydrogen (secondary N) is 1. The van der Waals surface area contributed by atoms with Crippen LogP contribution < -0.4 is 10.2 Å². The van der Waals surface area contributed by atoms with Crippen LogP contribution in [-0.2, 0) is 4.79 Å². The molecule has 23 heavy (non-hydrogen) atoms. The number of aliphatic carboxylic acids is 1. The minimum atomic E-state index is -0.714. The Bertz CT molecular complexity index is 571. The Balaban J connectivity index is 2.24. The van der Waals surface area contributed by atoms with Crippen LogP contribution in [-0.4, -0.2) is 29.7 Å². The zero-order chi connectivity index (χ0) is 17.0. The molecule has 1 heterocycles. The predicted octanol–water partition coefficient (Wildman–Crippen LogP) is 4.35. The van der Waals surface area contributed by atoms with E-state index in [1.54, 1.807) is 0 Å². The number of nitrogens with zero attached hydrogens (tertiary/aromatic N) is 1. The summed E-state index contributed by atoms with van der Waals surface area (Å²) in [6.45, 7) is 10.5. The quantitative estimate of drug-likeness (QED) is 0.785. The Morgan fingerprint density at radius 3 is 2.65 bits per heavy atom. The van der Waals surface area contributed by atoms with E-state index in [0.717, 1.165) is 19.5 Å². The van der Waals surface area contributed by atoms with Gasteiger partial charge in [-0.3, -0.25) is 4.79 Å². The zero-order valence-electron chi connectivity index (χ0n) is 14.9. The van der Waals surface area contributed by atoms with E-state index in [-0.39, 0.29) is 12.0 Å². The number of hydrogen-bond donors (Lipinski definition) is 2. The predicted molar refractivity (Wildman–Crippen MR) is 96.6 cm³/mol. The average Bonchev–Trinajstić information content (AvgIpc) is 2.47. The average molecular weight is 318 g/mol. The fourth-order valence-electron chi connectivity index (χ4n) is 3.36. The van der Waals surface area contributed by atoms with Crippen molar-refractivity contribution in [3.05, 3.63) is 23.3 Å².